The van der Waals surface area contributed by atoms with Gasteiger partial charge in [-0.15, -0.1) is 0 Å². The highest BCUT2D eigenvalue weighted by molar-refractivity contribution is 7.89. The summed E-state index contributed by atoms with van der Waals surface area (Å²) in [7, 11) is -3.05. The van der Waals surface area contributed by atoms with Crippen molar-refractivity contribution in [3.05, 3.63) is 0 Å². The number of hydrogen-bond acceptors (Lipinski definition) is 3. The molecule has 0 rings (SSSR count). The predicted molar refractivity (Wildman–Crippen MR) is 73.6 cm³/mol. The van der Waals surface area contributed by atoms with Gasteiger partial charge in [-0.2, -0.15) is 0 Å². The van der Waals surface area contributed by atoms with E-state index in [0.717, 1.165) is 25.9 Å². The van der Waals surface area contributed by atoms with E-state index >= 15 is 0 Å². The molecule has 0 bridgehead atoms. The van der Waals surface area contributed by atoms with Gasteiger partial charge >= 0.3 is 0 Å². The minimum Gasteiger partial charge on any atom is -0.317 e. The summed E-state index contributed by atoms with van der Waals surface area (Å²) in [5.74, 6) is 0.658. The fourth-order valence-electron chi connectivity index (χ4n) is 1.69. The van der Waals surface area contributed by atoms with Crippen molar-refractivity contribution in [2.75, 3.05) is 31.9 Å². The van der Waals surface area contributed by atoms with Crippen LogP contribution in [-0.2, 0) is 10.0 Å². The Bertz CT molecular complexity index is 276. The third kappa shape index (κ3) is 7.73. The fourth-order valence-corrected chi connectivity index (χ4v) is 3.43. The van der Waals surface area contributed by atoms with Crippen molar-refractivity contribution in [2.45, 2.75) is 40.5 Å². The molecule has 0 radical (unpaired) electrons. The molecule has 104 valence electrons. The molecule has 0 atom stereocenters. The van der Waals surface area contributed by atoms with Crippen LogP contribution in [0.1, 0.15) is 40.5 Å². The first-order valence-electron chi connectivity index (χ1n) is 6.62. The van der Waals surface area contributed by atoms with E-state index in [1.807, 2.05) is 20.8 Å². The molecule has 0 heterocycles. The maximum atomic E-state index is 12.0. The molecule has 0 aliphatic heterocycles. The van der Waals surface area contributed by atoms with Crippen molar-refractivity contribution in [1.29, 1.82) is 0 Å². The van der Waals surface area contributed by atoms with Gasteiger partial charge in [0, 0.05) is 13.1 Å². The van der Waals surface area contributed by atoms with E-state index in [2.05, 4.69) is 12.2 Å². The van der Waals surface area contributed by atoms with Gasteiger partial charge in [0.25, 0.3) is 0 Å². The quantitative estimate of drug-likeness (QED) is 0.611. The van der Waals surface area contributed by atoms with Crippen LogP contribution < -0.4 is 5.32 Å². The Labute approximate surface area is 107 Å². The Balaban J connectivity index is 4.06. The van der Waals surface area contributed by atoms with Crippen molar-refractivity contribution in [2.24, 2.45) is 5.92 Å². The zero-order valence-electron chi connectivity index (χ0n) is 11.7. The van der Waals surface area contributed by atoms with Gasteiger partial charge in [0.15, 0.2) is 0 Å². The standard InChI is InChI=1S/C12H28N2O2S/c1-5-13-9-7-8-10-17(15,16)14(6-2)11-12(3)4/h12-13H,5-11H2,1-4H3. The lowest BCUT2D eigenvalue weighted by atomic mass is 10.2. The average molecular weight is 264 g/mol. The monoisotopic (exact) mass is 264 g/mol. The van der Waals surface area contributed by atoms with Gasteiger partial charge in [-0.3, -0.25) is 0 Å². The van der Waals surface area contributed by atoms with Crippen molar-refractivity contribution >= 4 is 10.0 Å². The van der Waals surface area contributed by atoms with E-state index in [-0.39, 0.29) is 5.75 Å². The van der Waals surface area contributed by atoms with Crippen LogP contribution in [0.25, 0.3) is 0 Å². The number of nitrogens with one attached hydrogen (secondary N) is 1. The first kappa shape index (κ1) is 16.9. The molecule has 0 aliphatic rings. The average Bonchev–Trinajstić information content (AvgIpc) is 2.25. The highest BCUT2D eigenvalue weighted by Gasteiger charge is 2.20. The molecule has 0 fully saturated rings. The molecular formula is C12H28N2O2S. The SMILES string of the molecule is CCNCCCCS(=O)(=O)N(CC)CC(C)C. The molecule has 0 saturated heterocycles. The van der Waals surface area contributed by atoms with Crippen molar-refractivity contribution < 1.29 is 8.42 Å². The highest BCUT2D eigenvalue weighted by Crippen LogP contribution is 2.08. The van der Waals surface area contributed by atoms with E-state index in [1.54, 1.807) is 4.31 Å². The number of hydrogen-bond donors (Lipinski definition) is 1. The largest absolute Gasteiger partial charge is 0.317 e. The summed E-state index contributed by atoms with van der Waals surface area (Å²) >= 11 is 0. The lowest BCUT2D eigenvalue weighted by molar-refractivity contribution is 0.380. The molecule has 1 N–H and O–H groups in total. The molecule has 0 unspecified atom stereocenters. The first-order chi connectivity index (χ1) is 7.94. The third-order valence-corrected chi connectivity index (χ3v) is 4.57. The minimum absolute atomic E-state index is 0.277. The van der Waals surface area contributed by atoms with Crippen LogP contribution in [0, 0.1) is 5.92 Å². The molecule has 4 nitrogen and oxygen atoms in total. The van der Waals surface area contributed by atoms with E-state index in [1.165, 1.54) is 0 Å². The maximum absolute atomic E-state index is 12.0. The highest BCUT2D eigenvalue weighted by atomic mass is 32.2. The molecule has 0 aliphatic carbocycles. The molecule has 0 spiro atoms. The van der Waals surface area contributed by atoms with E-state index < -0.39 is 10.0 Å². The first-order valence-corrected chi connectivity index (χ1v) is 8.23. The van der Waals surface area contributed by atoms with Gasteiger partial charge < -0.3 is 5.32 Å². The Morgan fingerprint density at radius 1 is 1.18 bits per heavy atom. The molecule has 0 saturated carbocycles. The van der Waals surface area contributed by atoms with Crippen molar-refractivity contribution in [3.8, 4) is 0 Å². The molecule has 0 aromatic rings. The predicted octanol–water partition coefficient (Wildman–Crippen LogP) is 1.68. The topological polar surface area (TPSA) is 49.4 Å². The van der Waals surface area contributed by atoms with Crippen LogP contribution in [0.4, 0.5) is 0 Å². The number of sulfonamides is 1. The van der Waals surface area contributed by atoms with Gasteiger partial charge in [0.05, 0.1) is 5.75 Å². The van der Waals surface area contributed by atoms with Gasteiger partial charge in [0.1, 0.15) is 0 Å². The normalized spacial score (nSPS) is 12.6. The Hall–Kier alpha value is -0.130. The van der Waals surface area contributed by atoms with Crippen LogP contribution in [0.15, 0.2) is 0 Å². The molecule has 0 aromatic carbocycles. The number of nitrogens with zero attached hydrogens (tertiary/aromatic N) is 1. The summed E-state index contributed by atoms with van der Waals surface area (Å²) < 4.78 is 25.7. The lowest BCUT2D eigenvalue weighted by Crippen LogP contribution is -2.35. The van der Waals surface area contributed by atoms with Gasteiger partial charge in [-0.25, -0.2) is 12.7 Å². The van der Waals surface area contributed by atoms with Crippen LogP contribution >= 0.6 is 0 Å². The minimum atomic E-state index is -3.05. The second-order valence-electron chi connectivity index (χ2n) is 4.72. The maximum Gasteiger partial charge on any atom is 0.214 e. The zero-order valence-corrected chi connectivity index (χ0v) is 12.5. The summed E-state index contributed by atoms with van der Waals surface area (Å²) in [6.45, 7) is 11.1. The molecule has 0 aromatic heterocycles. The van der Waals surface area contributed by atoms with Gasteiger partial charge in [-0.05, 0) is 31.8 Å². The third-order valence-electron chi connectivity index (χ3n) is 2.57. The van der Waals surface area contributed by atoms with Crippen LogP contribution in [0.3, 0.4) is 0 Å². The summed E-state index contributed by atoms with van der Waals surface area (Å²) in [6, 6.07) is 0. The molecule has 17 heavy (non-hydrogen) atoms. The van der Waals surface area contributed by atoms with Crippen LogP contribution in [0.2, 0.25) is 0 Å². The Kier molecular flexibility index (Phi) is 8.82. The van der Waals surface area contributed by atoms with E-state index in [0.29, 0.717) is 19.0 Å². The molecule has 0 amide bonds. The van der Waals surface area contributed by atoms with Gasteiger partial charge in [-0.1, -0.05) is 27.7 Å². The summed E-state index contributed by atoms with van der Waals surface area (Å²) in [4.78, 5) is 0. The summed E-state index contributed by atoms with van der Waals surface area (Å²) in [6.07, 6.45) is 1.66. The second-order valence-corrected chi connectivity index (χ2v) is 6.81. The Morgan fingerprint density at radius 2 is 1.82 bits per heavy atom. The lowest BCUT2D eigenvalue weighted by Gasteiger charge is -2.22. The van der Waals surface area contributed by atoms with Crippen molar-refractivity contribution in [1.82, 2.24) is 9.62 Å². The number of unbranched alkanes of at least 4 members (excludes halogenated alkanes) is 1. The Morgan fingerprint density at radius 3 is 2.29 bits per heavy atom. The smallest absolute Gasteiger partial charge is 0.214 e. The fraction of sp³-hybridized carbons (Fsp3) is 1.00. The van der Waals surface area contributed by atoms with E-state index in [9.17, 15) is 8.42 Å². The van der Waals surface area contributed by atoms with Crippen LogP contribution in [0.5, 0.6) is 0 Å². The van der Waals surface area contributed by atoms with Crippen molar-refractivity contribution in [3.63, 3.8) is 0 Å². The molecular weight excluding hydrogens is 236 g/mol. The second kappa shape index (κ2) is 8.89. The zero-order chi connectivity index (χ0) is 13.3. The number of rotatable bonds is 10. The summed E-state index contributed by atoms with van der Waals surface area (Å²) in [5.41, 5.74) is 0. The van der Waals surface area contributed by atoms with Crippen LogP contribution in [-0.4, -0.2) is 44.7 Å². The summed E-state index contributed by atoms with van der Waals surface area (Å²) in [5, 5.41) is 3.20. The van der Waals surface area contributed by atoms with E-state index in [4.69, 9.17) is 0 Å². The van der Waals surface area contributed by atoms with Gasteiger partial charge in [0.2, 0.25) is 10.0 Å². The molecule has 5 heteroatoms.